The van der Waals surface area contributed by atoms with Crippen LogP contribution in [-0.2, 0) is 7.05 Å². The summed E-state index contributed by atoms with van der Waals surface area (Å²) >= 11 is 0. The van der Waals surface area contributed by atoms with E-state index < -0.39 is 0 Å². The average molecular weight is 152 g/mol. The summed E-state index contributed by atoms with van der Waals surface area (Å²) in [6.07, 6.45) is 4.00. The number of rotatable bonds is 0. The van der Waals surface area contributed by atoms with Crippen molar-refractivity contribution in [1.82, 2.24) is 4.57 Å². The third kappa shape index (κ3) is 12.1. The van der Waals surface area contributed by atoms with Gasteiger partial charge in [0.05, 0.1) is 0 Å². The van der Waals surface area contributed by atoms with Crippen LogP contribution in [0, 0.1) is 6.57 Å². The summed E-state index contributed by atoms with van der Waals surface area (Å²) in [6.45, 7) is 9.83. The van der Waals surface area contributed by atoms with Gasteiger partial charge in [-0.2, -0.15) is 0 Å². The molecule has 1 heterocycles. The summed E-state index contributed by atoms with van der Waals surface area (Å²) in [4.78, 5) is 2.75. The zero-order valence-corrected chi connectivity index (χ0v) is 7.70. The van der Waals surface area contributed by atoms with E-state index in [2.05, 4.69) is 4.85 Å². The summed E-state index contributed by atoms with van der Waals surface area (Å²) in [5, 5.41) is 0. The Kier molecular flexibility index (Phi) is 13.1. The molecule has 62 valence electrons. The molecule has 11 heavy (non-hydrogen) atoms. The number of aromatic nitrogens is 1. The number of hydrogen-bond acceptors (Lipinski definition) is 0. The Bertz CT molecular complexity index is 170. The van der Waals surface area contributed by atoms with E-state index in [0.29, 0.717) is 0 Å². The largest absolute Gasteiger partial charge is 0.357 e. The van der Waals surface area contributed by atoms with Gasteiger partial charge in [0.1, 0.15) is 0 Å². The predicted octanol–water partition coefficient (Wildman–Crippen LogP) is 2.59. The van der Waals surface area contributed by atoms with Gasteiger partial charge in [-0.3, -0.25) is 0 Å². The van der Waals surface area contributed by atoms with Crippen molar-refractivity contribution in [3.8, 4) is 0 Å². The maximum Gasteiger partial charge on any atom is 0.205 e. The Morgan fingerprint density at radius 2 is 1.45 bits per heavy atom. The molecule has 0 aliphatic carbocycles. The van der Waals surface area contributed by atoms with Crippen LogP contribution in [0.15, 0.2) is 24.5 Å². The first-order chi connectivity index (χ1) is 5.31. The van der Waals surface area contributed by atoms with Crippen molar-refractivity contribution in [1.29, 1.82) is 0 Å². The Morgan fingerprint density at radius 1 is 1.18 bits per heavy atom. The summed E-state index contributed by atoms with van der Waals surface area (Å²) in [6, 6.07) is 4.00. The highest BCUT2D eigenvalue weighted by Crippen LogP contribution is 1.80. The minimum atomic E-state index is 1.42. The third-order valence-corrected chi connectivity index (χ3v) is 0.754. The Hall–Kier alpha value is -1.23. The molecular weight excluding hydrogens is 136 g/mol. The smallest absolute Gasteiger partial charge is 0.205 e. The number of nitrogens with zero attached hydrogens (tertiary/aromatic N) is 2. The van der Waals surface area contributed by atoms with Gasteiger partial charge in [0.25, 0.3) is 0 Å². The van der Waals surface area contributed by atoms with Crippen LogP contribution in [0.25, 0.3) is 4.85 Å². The van der Waals surface area contributed by atoms with Gasteiger partial charge < -0.3 is 9.41 Å². The molecule has 2 heteroatoms. The summed E-state index contributed by atoms with van der Waals surface area (Å²) in [7, 11) is 3.42. The second-order valence-corrected chi connectivity index (χ2v) is 1.57. The van der Waals surface area contributed by atoms with Crippen molar-refractivity contribution < 1.29 is 0 Å². The molecule has 0 spiro atoms. The standard InChI is InChI=1S/C5H7N.C2H3N.C2H6/c1-6-4-2-3-5-6;1-3-2;1-2/h2-5H,1H3;1H3;1-2H3. The third-order valence-electron chi connectivity index (χ3n) is 0.754. The molecule has 0 N–H and O–H groups in total. The first-order valence-corrected chi connectivity index (χ1v) is 3.63. The van der Waals surface area contributed by atoms with Gasteiger partial charge in [-0.15, -0.1) is 0 Å². The predicted molar refractivity (Wildman–Crippen MR) is 49.3 cm³/mol. The molecule has 0 aliphatic heterocycles. The minimum absolute atomic E-state index is 1.42. The lowest BCUT2D eigenvalue weighted by Crippen LogP contribution is -1.75. The maximum absolute atomic E-state index is 5.83. The molecule has 0 amide bonds. The monoisotopic (exact) mass is 152 g/mol. The molecule has 0 bridgehead atoms. The van der Waals surface area contributed by atoms with Gasteiger partial charge in [0, 0.05) is 19.4 Å². The van der Waals surface area contributed by atoms with E-state index in [0.717, 1.165) is 0 Å². The Morgan fingerprint density at radius 3 is 1.55 bits per heavy atom. The summed E-state index contributed by atoms with van der Waals surface area (Å²) in [5.74, 6) is 0. The van der Waals surface area contributed by atoms with Crippen molar-refractivity contribution in [2.45, 2.75) is 13.8 Å². The van der Waals surface area contributed by atoms with Crippen LogP contribution in [0.1, 0.15) is 13.8 Å². The van der Waals surface area contributed by atoms with Crippen molar-refractivity contribution in [2.75, 3.05) is 7.05 Å². The molecule has 0 fully saturated rings. The zero-order valence-electron chi connectivity index (χ0n) is 7.70. The lowest BCUT2D eigenvalue weighted by molar-refractivity contribution is 0.928. The quantitative estimate of drug-likeness (QED) is 0.505. The van der Waals surface area contributed by atoms with Crippen LogP contribution < -0.4 is 0 Å². The van der Waals surface area contributed by atoms with Crippen molar-refractivity contribution in [2.24, 2.45) is 7.05 Å². The van der Waals surface area contributed by atoms with Gasteiger partial charge in [-0.1, -0.05) is 13.8 Å². The fourth-order valence-corrected chi connectivity index (χ4v) is 0.421. The van der Waals surface area contributed by atoms with Gasteiger partial charge in [-0.05, 0) is 12.1 Å². The molecule has 0 atom stereocenters. The first-order valence-electron chi connectivity index (χ1n) is 3.63. The normalized spacial score (nSPS) is 6.09. The van der Waals surface area contributed by atoms with Gasteiger partial charge >= 0.3 is 0 Å². The molecule has 0 saturated carbocycles. The van der Waals surface area contributed by atoms with E-state index in [1.165, 1.54) is 7.05 Å². The average Bonchev–Trinajstić information content (AvgIpc) is 2.46. The molecule has 1 rings (SSSR count). The molecule has 1 aromatic rings. The van der Waals surface area contributed by atoms with E-state index in [1.54, 1.807) is 0 Å². The van der Waals surface area contributed by atoms with Crippen LogP contribution >= 0.6 is 0 Å². The van der Waals surface area contributed by atoms with Crippen LogP contribution in [0.4, 0.5) is 0 Å². The van der Waals surface area contributed by atoms with E-state index in [1.807, 2.05) is 50.0 Å². The molecule has 1 aromatic heterocycles. The molecule has 0 radical (unpaired) electrons. The van der Waals surface area contributed by atoms with Crippen molar-refractivity contribution in [3.63, 3.8) is 0 Å². The highest BCUT2D eigenvalue weighted by molar-refractivity contribution is 4.88. The first kappa shape index (κ1) is 12.4. The maximum atomic E-state index is 5.83. The SMILES string of the molecule is CC.Cn1cccc1.[C-]#[N+]C. The molecular formula is C9H16N2. The summed E-state index contributed by atoms with van der Waals surface area (Å²) in [5.41, 5.74) is 0. The van der Waals surface area contributed by atoms with Crippen LogP contribution in [0.2, 0.25) is 0 Å². The molecule has 0 saturated heterocycles. The number of hydrogen-bond donors (Lipinski definition) is 0. The van der Waals surface area contributed by atoms with Gasteiger partial charge in [0.15, 0.2) is 0 Å². The molecule has 0 aromatic carbocycles. The fraction of sp³-hybridized carbons (Fsp3) is 0.444. The highest BCUT2D eigenvalue weighted by Gasteiger charge is 1.68. The van der Waals surface area contributed by atoms with Crippen molar-refractivity contribution >= 4 is 0 Å². The highest BCUT2D eigenvalue weighted by atomic mass is 14.9. The minimum Gasteiger partial charge on any atom is -0.357 e. The lowest BCUT2D eigenvalue weighted by atomic mass is 10.7. The van der Waals surface area contributed by atoms with E-state index in [-0.39, 0.29) is 0 Å². The topological polar surface area (TPSA) is 9.29 Å². The molecule has 0 unspecified atom stereocenters. The van der Waals surface area contributed by atoms with Crippen LogP contribution in [-0.4, -0.2) is 11.6 Å². The fourth-order valence-electron chi connectivity index (χ4n) is 0.421. The Labute approximate surface area is 69.3 Å². The summed E-state index contributed by atoms with van der Waals surface area (Å²) < 4.78 is 2.00. The van der Waals surface area contributed by atoms with E-state index in [9.17, 15) is 0 Å². The number of aryl methyl sites for hydroxylation is 1. The van der Waals surface area contributed by atoms with Crippen LogP contribution in [0.3, 0.4) is 0 Å². The van der Waals surface area contributed by atoms with Gasteiger partial charge in [0.2, 0.25) is 7.05 Å². The second-order valence-electron chi connectivity index (χ2n) is 1.57. The van der Waals surface area contributed by atoms with Crippen molar-refractivity contribution in [3.05, 3.63) is 35.9 Å². The lowest BCUT2D eigenvalue weighted by Gasteiger charge is -1.79. The van der Waals surface area contributed by atoms with E-state index in [4.69, 9.17) is 6.57 Å². The Balaban J connectivity index is 0. The second kappa shape index (κ2) is 11.6. The van der Waals surface area contributed by atoms with Crippen LogP contribution in [0.5, 0.6) is 0 Å². The molecule has 0 aliphatic rings. The zero-order chi connectivity index (χ0) is 9.11. The van der Waals surface area contributed by atoms with E-state index >= 15 is 0 Å². The molecule has 2 nitrogen and oxygen atoms in total. The van der Waals surface area contributed by atoms with Gasteiger partial charge in [-0.25, -0.2) is 6.57 Å².